The average molecular weight is 444 g/mol. The zero-order valence-electron chi connectivity index (χ0n) is 18.0. The van der Waals surface area contributed by atoms with Crippen molar-refractivity contribution in [2.45, 2.75) is 31.0 Å². The smallest absolute Gasteiger partial charge is 0.251 e. The van der Waals surface area contributed by atoms with Crippen LogP contribution in [0.25, 0.3) is 5.69 Å². The Kier molecular flexibility index (Phi) is 5.75. The van der Waals surface area contributed by atoms with Gasteiger partial charge in [-0.15, -0.1) is 0 Å². The minimum absolute atomic E-state index is 0.0391. The molecule has 0 saturated carbocycles. The predicted molar refractivity (Wildman–Crippen MR) is 120 cm³/mol. The topological polar surface area (TPSA) is 93.5 Å². The Bertz CT molecular complexity index is 1140. The second-order valence-corrected chi connectivity index (χ2v) is 8.29. The Hall–Kier alpha value is -3.78. The third-order valence-corrected chi connectivity index (χ3v) is 6.18. The van der Waals surface area contributed by atoms with Crippen molar-refractivity contribution in [2.75, 3.05) is 13.2 Å². The van der Waals surface area contributed by atoms with Crippen LogP contribution in [0.3, 0.4) is 0 Å². The number of hydrogen-bond donors (Lipinski definition) is 1. The maximum absolute atomic E-state index is 13.5. The van der Waals surface area contributed by atoms with E-state index in [-0.39, 0.29) is 30.3 Å². The number of benzene rings is 2. The van der Waals surface area contributed by atoms with E-state index < -0.39 is 12.1 Å². The summed E-state index contributed by atoms with van der Waals surface area (Å²) in [6.07, 6.45) is 4.22. The predicted octanol–water partition coefficient (Wildman–Crippen LogP) is 1.78. The molecular formula is C25H24N4O4. The monoisotopic (exact) mass is 444 g/mol. The summed E-state index contributed by atoms with van der Waals surface area (Å²) < 4.78 is 7.22. The number of aromatic nitrogens is 2. The van der Waals surface area contributed by atoms with Crippen molar-refractivity contribution >= 4 is 17.6 Å². The summed E-state index contributed by atoms with van der Waals surface area (Å²) in [5, 5.41) is 7.09. The number of ketones is 1. The largest absolute Gasteiger partial charge is 0.368 e. The second-order valence-electron chi connectivity index (χ2n) is 8.29. The molecule has 2 saturated heterocycles. The van der Waals surface area contributed by atoms with Gasteiger partial charge < -0.3 is 15.0 Å². The lowest BCUT2D eigenvalue weighted by atomic mass is 10.0. The van der Waals surface area contributed by atoms with Gasteiger partial charge >= 0.3 is 0 Å². The fourth-order valence-corrected chi connectivity index (χ4v) is 4.52. The summed E-state index contributed by atoms with van der Waals surface area (Å²) in [4.78, 5) is 40.5. The molecule has 3 atom stereocenters. The first kappa shape index (κ1) is 21.1. The number of nitrogens with one attached hydrogen (secondary N) is 1. The van der Waals surface area contributed by atoms with Crippen LogP contribution in [0.1, 0.15) is 22.3 Å². The van der Waals surface area contributed by atoms with Gasteiger partial charge in [0.25, 0.3) is 5.91 Å². The van der Waals surface area contributed by atoms with Crippen molar-refractivity contribution in [3.63, 3.8) is 0 Å². The highest BCUT2D eigenvalue weighted by molar-refractivity contribution is 5.99. The highest BCUT2D eigenvalue weighted by Gasteiger charge is 2.48. The van der Waals surface area contributed by atoms with E-state index >= 15 is 0 Å². The van der Waals surface area contributed by atoms with E-state index in [0.717, 1.165) is 11.3 Å². The van der Waals surface area contributed by atoms with Gasteiger partial charge in [-0.1, -0.05) is 30.3 Å². The molecule has 0 bridgehead atoms. The number of likely N-dealkylation sites (tertiary alicyclic amines) is 1. The molecule has 2 aliphatic heterocycles. The van der Waals surface area contributed by atoms with Crippen LogP contribution in [-0.2, 0) is 20.7 Å². The SMILES string of the molecule is O=C(NC(Cc1ccccc1)C(=O)N1CCC2OCC(=O)C21)c1ccc(-n2cccn2)cc1. The standard InChI is InChI=1S/C25H24N4O4/c30-21-16-33-22-11-14-28(23(21)22)25(32)20(15-17-5-2-1-3-6-17)27-24(31)18-7-9-19(10-8-18)29-13-4-12-26-29/h1-10,12-13,20,22-23H,11,14-16H2,(H,27,31). The number of rotatable bonds is 6. The summed E-state index contributed by atoms with van der Waals surface area (Å²) in [5.41, 5.74) is 2.20. The van der Waals surface area contributed by atoms with E-state index in [4.69, 9.17) is 4.74 Å². The Morgan fingerprint density at radius 3 is 2.61 bits per heavy atom. The van der Waals surface area contributed by atoms with Crippen molar-refractivity contribution in [1.29, 1.82) is 0 Å². The summed E-state index contributed by atoms with van der Waals surface area (Å²) in [6, 6.07) is 17.0. The zero-order chi connectivity index (χ0) is 22.8. The Balaban J connectivity index is 1.35. The van der Waals surface area contributed by atoms with Crippen LogP contribution in [-0.4, -0.2) is 63.6 Å². The lowest BCUT2D eigenvalue weighted by Crippen LogP contribution is -2.53. The van der Waals surface area contributed by atoms with Gasteiger partial charge in [-0.2, -0.15) is 5.10 Å². The number of nitrogens with zero attached hydrogens (tertiary/aromatic N) is 3. The zero-order valence-corrected chi connectivity index (χ0v) is 18.0. The van der Waals surface area contributed by atoms with E-state index in [2.05, 4.69) is 10.4 Å². The van der Waals surface area contributed by atoms with Crippen LogP contribution in [0.4, 0.5) is 0 Å². The Morgan fingerprint density at radius 2 is 1.88 bits per heavy atom. The van der Waals surface area contributed by atoms with Crippen molar-refractivity contribution in [1.82, 2.24) is 20.0 Å². The maximum atomic E-state index is 13.5. The summed E-state index contributed by atoms with van der Waals surface area (Å²) in [5.74, 6) is -0.683. The number of Topliss-reactive ketones (excluding diaryl/α,β-unsaturated/α-hetero) is 1. The Labute approximate surface area is 191 Å². The summed E-state index contributed by atoms with van der Waals surface area (Å²) in [6.45, 7) is 0.483. The molecule has 5 rings (SSSR count). The first-order chi connectivity index (χ1) is 16.1. The van der Waals surface area contributed by atoms with Crippen LogP contribution < -0.4 is 5.32 Å². The molecular weight excluding hydrogens is 420 g/mol. The number of hydrogen-bond acceptors (Lipinski definition) is 5. The van der Waals surface area contributed by atoms with Gasteiger partial charge in [0.1, 0.15) is 18.7 Å². The molecule has 3 heterocycles. The maximum Gasteiger partial charge on any atom is 0.251 e. The second kappa shape index (κ2) is 8.99. The van der Waals surface area contributed by atoms with Crippen molar-refractivity contribution in [3.8, 4) is 5.69 Å². The highest BCUT2D eigenvalue weighted by Crippen LogP contribution is 2.28. The van der Waals surface area contributed by atoms with Crippen molar-refractivity contribution < 1.29 is 19.1 Å². The van der Waals surface area contributed by atoms with Gasteiger partial charge in [0.05, 0.1) is 11.8 Å². The summed E-state index contributed by atoms with van der Waals surface area (Å²) in [7, 11) is 0. The fourth-order valence-electron chi connectivity index (χ4n) is 4.52. The number of carbonyl (C=O) groups excluding carboxylic acids is 3. The lowest BCUT2D eigenvalue weighted by Gasteiger charge is -2.27. The number of ether oxygens (including phenoxy) is 1. The molecule has 33 heavy (non-hydrogen) atoms. The number of fused-ring (bicyclic) bond motifs is 1. The van der Waals surface area contributed by atoms with Crippen LogP contribution in [0.5, 0.6) is 0 Å². The minimum Gasteiger partial charge on any atom is -0.368 e. The molecule has 0 aliphatic carbocycles. The van der Waals surface area contributed by atoms with Crippen LogP contribution in [0.2, 0.25) is 0 Å². The molecule has 1 N–H and O–H groups in total. The van der Waals surface area contributed by atoms with Gasteiger partial charge in [0.2, 0.25) is 5.91 Å². The molecule has 2 fully saturated rings. The fraction of sp³-hybridized carbons (Fsp3) is 0.280. The van der Waals surface area contributed by atoms with Gasteiger partial charge in [-0.3, -0.25) is 14.4 Å². The molecule has 0 radical (unpaired) electrons. The first-order valence-electron chi connectivity index (χ1n) is 11.0. The molecule has 2 aliphatic rings. The molecule has 8 nitrogen and oxygen atoms in total. The van der Waals surface area contributed by atoms with E-state index in [1.165, 1.54) is 0 Å². The molecule has 2 aromatic carbocycles. The molecule has 2 amide bonds. The van der Waals surface area contributed by atoms with Gasteiger partial charge in [-0.25, -0.2) is 4.68 Å². The van der Waals surface area contributed by atoms with Gasteiger partial charge in [0, 0.05) is 30.9 Å². The number of carbonyl (C=O) groups is 3. The van der Waals surface area contributed by atoms with Gasteiger partial charge in [0.15, 0.2) is 5.78 Å². The van der Waals surface area contributed by atoms with E-state index in [1.807, 2.05) is 42.6 Å². The molecule has 168 valence electrons. The normalized spacial score (nSPS) is 20.5. The quantitative estimate of drug-likeness (QED) is 0.626. The van der Waals surface area contributed by atoms with Crippen LogP contribution in [0, 0.1) is 0 Å². The molecule has 3 aromatic rings. The highest BCUT2D eigenvalue weighted by atomic mass is 16.5. The van der Waals surface area contributed by atoms with Crippen molar-refractivity contribution in [3.05, 3.63) is 84.2 Å². The van der Waals surface area contributed by atoms with Gasteiger partial charge in [-0.05, 0) is 42.3 Å². The molecule has 1 aromatic heterocycles. The third-order valence-electron chi connectivity index (χ3n) is 6.18. The van der Waals surface area contributed by atoms with Crippen LogP contribution >= 0.6 is 0 Å². The molecule has 8 heteroatoms. The number of amides is 2. The van der Waals surface area contributed by atoms with Crippen LogP contribution in [0.15, 0.2) is 73.1 Å². The average Bonchev–Trinajstić information content (AvgIpc) is 3.59. The van der Waals surface area contributed by atoms with Crippen molar-refractivity contribution in [2.24, 2.45) is 0 Å². The lowest BCUT2D eigenvalue weighted by molar-refractivity contribution is -0.138. The first-order valence-corrected chi connectivity index (χ1v) is 11.0. The molecule has 0 spiro atoms. The molecule has 3 unspecified atom stereocenters. The van der Waals surface area contributed by atoms with E-state index in [1.54, 1.807) is 40.0 Å². The Morgan fingerprint density at radius 1 is 1.09 bits per heavy atom. The third kappa shape index (κ3) is 4.29. The van der Waals surface area contributed by atoms with E-state index in [0.29, 0.717) is 24.9 Å². The minimum atomic E-state index is -0.794. The van der Waals surface area contributed by atoms with E-state index in [9.17, 15) is 14.4 Å². The summed E-state index contributed by atoms with van der Waals surface area (Å²) >= 11 is 0.